The second-order valence-electron chi connectivity index (χ2n) is 7.79. The van der Waals surface area contributed by atoms with Crippen LogP contribution >= 0.6 is 15.9 Å². The van der Waals surface area contributed by atoms with Crippen molar-refractivity contribution in [2.75, 3.05) is 6.54 Å². The first-order chi connectivity index (χ1) is 14.2. The lowest BCUT2D eigenvalue weighted by atomic mass is 9.99. The number of amides is 2. The Kier molecular flexibility index (Phi) is 6.85. The predicted molar refractivity (Wildman–Crippen MR) is 113 cm³/mol. The molecular formula is C22H24BrF2N3O2. The minimum Gasteiger partial charge on any atom is -0.342 e. The van der Waals surface area contributed by atoms with Gasteiger partial charge in [0.25, 0.3) is 0 Å². The van der Waals surface area contributed by atoms with Crippen LogP contribution in [-0.2, 0) is 9.59 Å². The third kappa shape index (κ3) is 4.86. The number of likely N-dealkylation sites (tertiary alicyclic amines) is 1. The molecule has 1 aromatic carbocycles. The zero-order chi connectivity index (χ0) is 22.0. The van der Waals surface area contributed by atoms with Gasteiger partial charge in [-0.1, -0.05) is 48.0 Å². The van der Waals surface area contributed by atoms with E-state index >= 15 is 0 Å². The predicted octanol–water partition coefficient (Wildman–Crippen LogP) is 4.27. The van der Waals surface area contributed by atoms with E-state index in [0.717, 1.165) is 4.47 Å². The summed E-state index contributed by atoms with van der Waals surface area (Å²) < 4.78 is 29.3. The molecule has 30 heavy (non-hydrogen) atoms. The van der Waals surface area contributed by atoms with Crippen molar-refractivity contribution in [1.29, 1.82) is 0 Å². The lowest BCUT2D eigenvalue weighted by Crippen LogP contribution is -2.46. The standard InChI is InChI=1S/C22H24BrF2N3O2/c1-12(2)17-7-8-18(26-21(17)25)20(14-5-4-6-15(23)9-14)27-22(30)19-10-16(24)11-28(19)13(3)29/h4-9,12,16,19-20H,10-11H2,1-3H3,(H,27,30). The Morgan fingerprint density at radius 1 is 1.27 bits per heavy atom. The molecule has 0 spiro atoms. The van der Waals surface area contributed by atoms with Crippen molar-refractivity contribution in [3.63, 3.8) is 0 Å². The monoisotopic (exact) mass is 479 g/mol. The van der Waals surface area contributed by atoms with Crippen LogP contribution in [0.5, 0.6) is 0 Å². The third-order valence-corrected chi connectivity index (χ3v) is 5.74. The van der Waals surface area contributed by atoms with E-state index < -0.39 is 30.1 Å². The maximum atomic E-state index is 14.6. The normalized spacial score (nSPS) is 19.8. The minimum atomic E-state index is -1.25. The SMILES string of the molecule is CC(=O)N1CC(F)CC1C(=O)NC(c1cccc(Br)c1)c1ccc(C(C)C)c(F)n1. The highest BCUT2D eigenvalue weighted by molar-refractivity contribution is 9.10. The van der Waals surface area contributed by atoms with Crippen LogP contribution in [0.15, 0.2) is 40.9 Å². The van der Waals surface area contributed by atoms with Crippen molar-refractivity contribution in [3.8, 4) is 0 Å². The van der Waals surface area contributed by atoms with Crippen molar-refractivity contribution >= 4 is 27.7 Å². The van der Waals surface area contributed by atoms with Gasteiger partial charge in [-0.3, -0.25) is 9.59 Å². The summed E-state index contributed by atoms with van der Waals surface area (Å²) in [7, 11) is 0. The lowest BCUT2D eigenvalue weighted by molar-refractivity contribution is -0.137. The first-order valence-electron chi connectivity index (χ1n) is 9.80. The highest BCUT2D eigenvalue weighted by Gasteiger charge is 2.39. The molecule has 1 fully saturated rings. The zero-order valence-electron chi connectivity index (χ0n) is 17.0. The van der Waals surface area contributed by atoms with Crippen molar-refractivity contribution in [1.82, 2.24) is 15.2 Å². The van der Waals surface area contributed by atoms with Crippen LogP contribution in [-0.4, -0.2) is 40.5 Å². The molecule has 2 heterocycles. The molecule has 0 bridgehead atoms. The topological polar surface area (TPSA) is 62.3 Å². The number of pyridine rings is 1. The molecule has 0 aliphatic carbocycles. The highest BCUT2D eigenvalue weighted by atomic mass is 79.9. The smallest absolute Gasteiger partial charge is 0.243 e. The van der Waals surface area contributed by atoms with Gasteiger partial charge in [0.05, 0.1) is 18.3 Å². The molecule has 5 nitrogen and oxygen atoms in total. The fourth-order valence-electron chi connectivity index (χ4n) is 3.68. The fourth-order valence-corrected chi connectivity index (χ4v) is 4.10. The summed E-state index contributed by atoms with van der Waals surface area (Å²) in [5.74, 6) is -1.48. The number of benzene rings is 1. The minimum absolute atomic E-state index is 0.0328. The van der Waals surface area contributed by atoms with Crippen molar-refractivity contribution in [2.45, 2.75) is 51.4 Å². The summed E-state index contributed by atoms with van der Waals surface area (Å²) >= 11 is 3.41. The molecule has 3 unspecified atom stereocenters. The second-order valence-corrected chi connectivity index (χ2v) is 8.70. The average Bonchev–Trinajstić information content (AvgIpc) is 3.08. The number of hydrogen-bond acceptors (Lipinski definition) is 3. The quantitative estimate of drug-likeness (QED) is 0.651. The fraction of sp³-hybridized carbons (Fsp3) is 0.409. The van der Waals surface area contributed by atoms with Gasteiger partial charge < -0.3 is 10.2 Å². The molecule has 0 radical (unpaired) electrons. The van der Waals surface area contributed by atoms with Gasteiger partial charge in [-0.15, -0.1) is 0 Å². The number of halogens is 3. The first-order valence-corrected chi connectivity index (χ1v) is 10.6. The zero-order valence-corrected chi connectivity index (χ0v) is 18.6. The van der Waals surface area contributed by atoms with Crippen LogP contribution in [0, 0.1) is 5.95 Å². The Bertz CT molecular complexity index is 954. The number of nitrogens with zero attached hydrogens (tertiary/aromatic N) is 2. The summed E-state index contributed by atoms with van der Waals surface area (Å²) in [5, 5.41) is 2.85. The number of carbonyl (C=O) groups excluding carboxylic acids is 2. The van der Waals surface area contributed by atoms with Gasteiger partial charge in [0, 0.05) is 23.4 Å². The molecule has 160 valence electrons. The Morgan fingerprint density at radius 3 is 2.60 bits per heavy atom. The van der Waals surface area contributed by atoms with Crippen molar-refractivity contribution in [3.05, 3.63) is 63.6 Å². The van der Waals surface area contributed by atoms with Crippen LogP contribution in [0.1, 0.15) is 56.0 Å². The van der Waals surface area contributed by atoms with E-state index in [1.54, 1.807) is 30.3 Å². The molecule has 1 N–H and O–H groups in total. The molecule has 1 aromatic heterocycles. The van der Waals surface area contributed by atoms with E-state index in [-0.39, 0.29) is 24.8 Å². The third-order valence-electron chi connectivity index (χ3n) is 5.24. The molecular weight excluding hydrogens is 456 g/mol. The molecule has 1 saturated heterocycles. The van der Waals surface area contributed by atoms with Crippen molar-refractivity contribution in [2.24, 2.45) is 0 Å². The summed E-state index contributed by atoms with van der Waals surface area (Å²) in [6.45, 7) is 4.95. The maximum absolute atomic E-state index is 14.6. The Hall–Kier alpha value is -2.35. The molecule has 3 atom stereocenters. The number of nitrogens with one attached hydrogen (secondary N) is 1. The Morgan fingerprint density at radius 2 is 2.00 bits per heavy atom. The number of aromatic nitrogens is 1. The molecule has 2 amide bonds. The summed E-state index contributed by atoms with van der Waals surface area (Å²) in [6, 6.07) is 8.91. The van der Waals surface area contributed by atoms with E-state index in [1.807, 2.05) is 19.9 Å². The number of rotatable bonds is 5. The highest BCUT2D eigenvalue weighted by Crippen LogP contribution is 2.28. The largest absolute Gasteiger partial charge is 0.342 e. The Balaban J connectivity index is 1.96. The lowest BCUT2D eigenvalue weighted by Gasteiger charge is -2.26. The van der Waals surface area contributed by atoms with Gasteiger partial charge >= 0.3 is 0 Å². The Labute approximate surface area is 183 Å². The average molecular weight is 480 g/mol. The van der Waals surface area contributed by atoms with Crippen LogP contribution in [0.2, 0.25) is 0 Å². The van der Waals surface area contributed by atoms with Gasteiger partial charge in [-0.25, -0.2) is 9.37 Å². The van der Waals surface area contributed by atoms with Gasteiger partial charge in [0.2, 0.25) is 17.8 Å². The summed E-state index contributed by atoms with van der Waals surface area (Å²) in [5.41, 5.74) is 1.50. The first kappa shape index (κ1) is 22.3. The van der Waals surface area contributed by atoms with Crippen LogP contribution in [0.25, 0.3) is 0 Å². The van der Waals surface area contributed by atoms with E-state index in [1.165, 1.54) is 11.8 Å². The number of carbonyl (C=O) groups is 2. The molecule has 1 aliphatic heterocycles. The molecule has 0 saturated carbocycles. The summed E-state index contributed by atoms with van der Waals surface area (Å²) in [4.78, 5) is 30.2. The van der Waals surface area contributed by atoms with Crippen LogP contribution in [0.3, 0.4) is 0 Å². The summed E-state index contributed by atoms with van der Waals surface area (Å²) in [6.07, 6.45) is -1.32. The van der Waals surface area contributed by atoms with E-state index in [9.17, 15) is 18.4 Å². The molecule has 1 aliphatic rings. The van der Waals surface area contributed by atoms with E-state index in [0.29, 0.717) is 16.8 Å². The van der Waals surface area contributed by atoms with Gasteiger partial charge in [0.1, 0.15) is 12.2 Å². The van der Waals surface area contributed by atoms with Gasteiger partial charge in [-0.05, 0) is 29.7 Å². The molecule has 8 heteroatoms. The van der Waals surface area contributed by atoms with E-state index in [2.05, 4.69) is 26.2 Å². The van der Waals surface area contributed by atoms with Crippen LogP contribution in [0.4, 0.5) is 8.78 Å². The molecule has 2 aromatic rings. The number of alkyl halides is 1. The molecule has 3 rings (SSSR count). The maximum Gasteiger partial charge on any atom is 0.243 e. The van der Waals surface area contributed by atoms with Crippen molar-refractivity contribution < 1.29 is 18.4 Å². The van der Waals surface area contributed by atoms with E-state index in [4.69, 9.17) is 0 Å². The number of hydrogen-bond donors (Lipinski definition) is 1. The van der Waals surface area contributed by atoms with Crippen LogP contribution < -0.4 is 5.32 Å². The van der Waals surface area contributed by atoms with Gasteiger partial charge in [0.15, 0.2) is 0 Å². The second kappa shape index (κ2) is 9.20. The van der Waals surface area contributed by atoms with Gasteiger partial charge in [-0.2, -0.15) is 4.39 Å².